The van der Waals surface area contributed by atoms with Gasteiger partial charge in [0, 0.05) is 6.54 Å². The fourth-order valence-electron chi connectivity index (χ4n) is 0.504. The van der Waals surface area contributed by atoms with E-state index in [1.165, 1.54) is 5.57 Å². The Hall–Kier alpha value is -0.560. The van der Waals surface area contributed by atoms with Gasteiger partial charge in [0.1, 0.15) is 0 Å². The molecule has 0 fully saturated rings. The fourth-order valence-corrected chi connectivity index (χ4v) is 0.504. The Morgan fingerprint density at radius 3 is 2.50 bits per heavy atom. The van der Waals surface area contributed by atoms with E-state index in [1.807, 2.05) is 19.1 Å². The zero-order valence-corrected chi connectivity index (χ0v) is 5.35. The van der Waals surface area contributed by atoms with Crippen LogP contribution in [0.1, 0.15) is 13.3 Å². The summed E-state index contributed by atoms with van der Waals surface area (Å²) in [4.78, 5) is 0. The summed E-state index contributed by atoms with van der Waals surface area (Å²) in [6, 6.07) is 0. The third-order valence-corrected chi connectivity index (χ3v) is 1.08. The highest BCUT2D eigenvalue weighted by Gasteiger charge is 1.84. The van der Waals surface area contributed by atoms with Crippen LogP contribution < -0.4 is 5.73 Å². The van der Waals surface area contributed by atoms with Crippen LogP contribution in [0.2, 0.25) is 0 Å². The third kappa shape index (κ3) is 2.59. The molecule has 0 heterocycles. The van der Waals surface area contributed by atoms with Crippen molar-refractivity contribution in [3.63, 3.8) is 0 Å². The molecule has 0 rings (SSSR count). The van der Waals surface area contributed by atoms with Crippen LogP contribution in [0.5, 0.6) is 0 Å². The average molecular weight is 111 g/mol. The minimum atomic E-state index is 0.655. The van der Waals surface area contributed by atoms with Crippen molar-refractivity contribution in [3.8, 4) is 0 Å². The number of hydrogen-bond donors (Lipinski definition) is 1. The SMILES string of the molecule is C=CC/C(=C\C)CN. The van der Waals surface area contributed by atoms with Crippen LogP contribution in [-0.4, -0.2) is 6.54 Å². The van der Waals surface area contributed by atoms with Crippen LogP contribution in [-0.2, 0) is 0 Å². The molecule has 0 amide bonds. The first-order valence-corrected chi connectivity index (χ1v) is 2.80. The smallest absolute Gasteiger partial charge is 0.0139 e. The topological polar surface area (TPSA) is 26.0 Å². The van der Waals surface area contributed by atoms with Crippen molar-refractivity contribution in [1.82, 2.24) is 0 Å². The summed E-state index contributed by atoms with van der Waals surface area (Å²) in [5.41, 5.74) is 6.60. The molecule has 8 heavy (non-hydrogen) atoms. The maximum absolute atomic E-state index is 5.35. The van der Waals surface area contributed by atoms with E-state index in [4.69, 9.17) is 5.73 Å². The lowest BCUT2D eigenvalue weighted by atomic mass is 10.2. The van der Waals surface area contributed by atoms with E-state index < -0.39 is 0 Å². The summed E-state index contributed by atoms with van der Waals surface area (Å²) >= 11 is 0. The van der Waals surface area contributed by atoms with Crippen LogP contribution in [0.15, 0.2) is 24.3 Å². The van der Waals surface area contributed by atoms with Gasteiger partial charge in [-0.2, -0.15) is 0 Å². The Balaban J connectivity index is 3.53. The number of nitrogens with two attached hydrogens (primary N) is 1. The first kappa shape index (κ1) is 7.44. The Kier molecular flexibility index (Phi) is 4.27. The number of hydrogen-bond acceptors (Lipinski definition) is 1. The van der Waals surface area contributed by atoms with E-state index in [1.54, 1.807) is 0 Å². The lowest BCUT2D eigenvalue weighted by Crippen LogP contribution is -2.01. The van der Waals surface area contributed by atoms with Gasteiger partial charge in [0.25, 0.3) is 0 Å². The highest BCUT2D eigenvalue weighted by atomic mass is 14.5. The predicted octanol–water partition coefficient (Wildman–Crippen LogP) is 1.47. The minimum Gasteiger partial charge on any atom is -0.327 e. The second-order valence-electron chi connectivity index (χ2n) is 1.64. The molecule has 1 heteroatoms. The van der Waals surface area contributed by atoms with Crippen LogP contribution in [0.3, 0.4) is 0 Å². The summed E-state index contributed by atoms with van der Waals surface area (Å²) in [5.74, 6) is 0. The highest BCUT2D eigenvalue weighted by Crippen LogP contribution is 1.96. The molecule has 0 bridgehead atoms. The third-order valence-electron chi connectivity index (χ3n) is 1.08. The van der Waals surface area contributed by atoms with Crippen LogP contribution in [0.25, 0.3) is 0 Å². The van der Waals surface area contributed by atoms with E-state index in [0.717, 1.165) is 6.42 Å². The highest BCUT2D eigenvalue weighted by molar-refractivity contribution is 5.05. The second kappa shape index (κ2) is 4.60. The lowest BCUT2D eigenvalue weighted by molar-refractivity contribution is 1.06. The zero-order valence-electron chi connectivity index (χ0n) is 5.35. The van der Waals surface area contributed by atoms with Crippen molar-refractivity contribution in [2.24, 2.45) is 5.73 Å². The van der Waals surface area contributed by atoms with Gasteiger partial charge in [-0.15, -0.1) is 6.58 Å². The molecule has 0 spiro atoms. The molecule has 0 unspecified atom stereocenters. The van der Waals surface area contributed by atoms with Crippen LogP contribution in [0.4, 0.5) is 0 Å². The van der Waals surface area contributed by atoms with Gasteiger partial charge < -0.3 is 5.73 Å². The van der Waals surface area contributed by atoms with E-state index >= 15 is 0 Å². The maximum atomic E-state index is 5.35. The molecular formula is C7H13N. The standard InChI is InChI=1S/C7H13N/c1-3-5-7(4-2)6-8/h3-4H,1,5-6,8H2,2H3/b7-4+. The summed E-state index contributed by atoms with van der Waals surface area (Å²) in [5, 5.41) is 0. The molecule has 0 aliphatic rings. The van der Waals surface area contributed by atoms with Crippen molar-refractivity contribution in [2.45, 2.75) is 13.3 Å². The van der Waals surface area contributed by atoms with Gasteiger partial charge >= 0.3 is 0 Å². The molecule has 2 N–H and O–H groups in total. The summed E-state index contributed by atoms with van der Waals surface area (Å²) < 4.78 is 0. The van der Waals surface area contributed by atoms with E-state index in [9.17, 15) is 0 Å². The quantitative estimate of drug-likeness (QED) is 0.548. The van der Waals surface area contributed by atoms with Crippen molar-refractivity contribution >= 4 is 0 Å². The van der Waals surface area contributed by atoms with Crippen LogP contribution >= 0.6 is 0 Å². The summed E-state index contributed by atoms with van der Waals surface area (Å²) in [6.07, 6.45) is 4.82. The molecule has 0 aliphatic heterocycles. The van der Waals surface area contributed by atoms with Crippen molar-refractivity contribution in [1.29, 1.82) is 0 Å². The summed E-state index contributed by atoms with van der Waals surface area (Å²) in [7, 11) is 0. The normalized spacial score (nSPS) is 11.5. The molecule has 0 saturated carbocycles. The molecule has 0 atom stereocenters. The minimum absolute atomic E-state index is 0.655. The maximum Gasteiger partial charge on any atom is 0.0139 e. The molecule has 0 aromatic carbocycles. The van der Waals surface area contributed by atoms with Gasteiger partial charge in [-0.3, -0.25) is 0 Å². The van der Waals surface area contributed by atoms with Crippen molar-refractivity contribution in [3.05, 3.63) is 24.3 Å². The zero-order chi connectivity index (χ0) is 6.41. The fraction of sp³-hybridized carbons (Fsp3) is 0.429. The van der Waals surface area contributed by atoms with Gasteiger partial charge in [-0.05, 0) is 13.3 Å². The molecule has 1 nitrogen and oxygen atoms in total. The van der Waals surface area contributed by atoms with Crippen molar-refractivity contribution in [2.75, 3.05) is 6.54 Å². The summed E-state index contributed by atoms with van der Waals surface area (Å²) in [6.45, 7) is 6.25. The van der Waals surface area contributed by atoms with Gasteiger partial charge in [0.15, 0.2) is 0 Å². The molecule has 0 aromatic rings. The molecule has 0 aromatic heterocycles. The Morgan fingerprint density at radius 2 is 2.38 bits per heavy atom. The number of rotatable bonds is 3. The molecule has 0 radical (unpaired) electrons. The van der Waals surface area contributed by atoms with Crippen LogP contribution in [0, 0.1) is 0 Å². The van der Waals surface area contributed by atoms with E-state index in [2.05, 4.69) is 6.58 Å². The largest absolute Gasteiger partial charge is 0.327 e. The average Bonchev–Trinajstić information content (AvgIpc) is 1.83. The molecule has 0 aliphatic carbocycles. The van der Waals surface area contributed by atoms with Gasteiger partial charge in [0.05, 0.1) is 0 Å². The Morgan fingerprint density at radius 1 is 1.75 bits per heavy atom. The molecule has 46 valence electrons. The second-order valence-corrected chi connectivity index (χ2v) is 1.64. The van der Waals surface area contributed by atoms with E-state index in [-0.39, 0.29) is 0 Å². The van der Waals surface area contributed by atoms with E-state index in [0.29, 0.717) is 6.54 Å². The lowest BCUT2D eigenvalue weighted by Gasteiger charge is -1.94. The van der Waals surface area contributed by atoms with Crippen molar-refractivity contribution < 1.29 is 0 Å². The monoisotopic (exact) mass is 111 g/mol. The molecular weight excluding hydrogens is 98.1 g/mol. The number of allylic oxidation sites excluding steroid dienone is 2. The first-order chi connectivity index (χ1) is 3.85. The van der Waals surface area contributed by atoms with Gasteiger partial charge in [-0.1, -0.05) is 17.7 Å². The first-order valence-electron chi connectivity index (χ1n) is 2.80. The Labute approximate surface area is 50.9 Å². The van der Waals surface area contributed by atoms with Gasteiger partial charge in [-0.25, -0.2) is 0 Å². The predicted molar refractivity (Wildman–Crippen MR) is 37.6 cm³/mol. The Bertz CT molecular complexity index is 92.6. The van der Waals surface area contributed by atoms with Gasteiger partial charge in [0.2, 0.25) is 0 Å². The molecule has 0 saturated heterocycles.